The van der Waals surface area contributed by atoms with E-state index in [1.807, 2.05) is 29.2 Å². The molecule has 3 rings (SSSR count). The summed E-state index contributed by atoms with van der Waals surface area (Å²) in [6, 6.07) is 8.48. The Bertz CT molecular complexity index is 511. The molecule has 2 aliphatic rings. The average molecular weight is 339 g/mol. The van der Waals surface area contributed by atoms with Crippen molar-refractivity contribution in [2.75, 3.05) is 31.9 Å². The second kappa shape index (κ2) is 7.71. The molecular formula is C17H23ClN2OS. The Labute approximate surface area is 142 Å². The lowest BCUT2D eigenvalue weighted by Crippen LogP contribution is -2.51. The maximum absolute atomic E-state index is 12.4. The number of nitrogens with zero attached hydrogens (tertiary/aromatic N) is 2. The highest BCUT2D eigenvalue weighted by atomic mass is 35.5. The molecule has 0 unspecified atom stereocenters. The number of thioether (sulfide) groups is 1. The molecule has 1 aromatic rings. The standard InChI is InChI=1S/C17H23ClN2OS/c18-15-7-3-4-8-16(15)22-13-17(21)20-11-9-19(10-12-20)14-5-1-2-6-14/h3-4,7-8,14H,1-2,5-6,9-13H2. The molecule has 0 atom stereocenters. The summed E-state index contributed by atoms with van der Waals surface area (Å²) in [5.74, 6) is 0.712. The van der Waals surface area contributed by atoms with Crippen LogP contribution in [0.3, 0.4) is 0 Å². The lowest BCUT2D eigenvalue weighted by atomic mass is 10.2. The summed E-state index contributed by atoms with van der Waals surface area (Å²) in [5.41, 5.74) is 0. The third-order valence-electron chi connectivity index (χ3n) is 4.70. The van der Waals surface area contributed by atoms with Crippen LogP contribution >= 0.6 is 23.4 Å². The van der Waals surface area contributed by atoms with Crippen molar-refractivity contribution in [1.29, 1.82) is 0 Å². The zero-order chi connectivity index (χ0) is 15.4. The van der Waals surface area contributed by atoms with Crippen LogP contribution in [0.25, 0.3) is 0 Å². The van der Waals surface area contributed by atoms with Gasteiger partial charge in [-0.1, -0.05) is 36.6 Å². The molecule has 0 bridgehead atoms. The first-order valence-electron chi connectivity index (χ1n) is 8.13. The molecule has 1 saturated heterocycles. The van der Waals surface area contributed by atoms with Crippen molar-refractivity contribution in [2.45, 2.75) is 36.6 Å². The molecule has 0 aromatic heterocycles. The number of carbonyl (C=O) groups excluding carboxylic acids is 1. The van der Waals surface area contributed by atoms with E-state index in [0.717, 1.165) is 42.1 Å². The van der Waals surface area contributed by atoms with E-state index in [2.05, 4.69) is 4.90 Å². The van der Waals surface area contributed by atoms with Crippen LogP contribution in [0, 0.1) is 0 Å². The van der Waals surface area contributed by atoms with Gasteiger partial charge in [-0.3, -0.25) is 9.69 Å². The summed E-state index contributed by atoms with van der Waals surface area (Å²) in [7, 11) is 0. The van der Waals surface area contributed by atoms with Gasteiger partial charge >= 0.3 is 0 Å². The molecule has 3 nitrogen and oxygen atoms in total. The number of benzene rings is 1. The van der Waals surface area contributed by atoms with E-state index in [0.29, 0.717) is 5.75 Å². The van der Waals surface area contributed by atoms with Crippen molar-refractivity contribution in [3.63, 3.8) is 0 Å². The smallest absolute Gasteiger partial charge is 0.233 e. The Morgan fingerprint density at radius 1 is 1.14 bits per heavy atom. The van der Waals surface area contributed by atoms with Crippen molar-refractivity contribution in [3.05, 3.63) is 29.3 Å². The van der Waals surface area contributed by atoms with Gasteiger partial charge in [-0.05, 0) is 25.0 Å². The molecule has 1 aliphatic heterocycles. The average Bonchev–Trinajstić information content (AvgIpc) is 3.08. The fourth-order valence-electron chi connectivity index (χ4n) is 3.40. The van der Waals surface area contributed by atoms with Gasteiger partial charge in [-0.15, -0.1) is 11.8 Å². The van der Waals surface area contributed by atoms with E-state index in [4.69, 9.17) is 11.6 Å². The minimum Gasteiger partial charge on any atom is -0.339 e. The monoisotopic (exact) mass is 338 g/mol. The SMILES string of the molecule is O=C(CSc1ccccc1Cl)N1CCN(C2CCCC2)CC1. The first-order valence-corrected chi connectivity index (χ1v) is 9.49. The van der Waals surface area contributed by atoms with E-state index in [1.54, 1.807) is 0 Å². The summed E-state index contributed by atoms with van der Waals surface area (Å²) in [6.45, 7) is 3.82. The molecule has 0 spiro atoms. The molecule has 2 fully saturated rings. The molecule has 1 heterocycles. The molecule has 1 aromatic carbocycles. The zero-order valence-corrected chi connectivity index (χ0v) is 14.4. The van der Waals surface area contributed by atoms with Gasteiger partial charge < -0.3 is 4.90 Å². The number of halogens is 1. The molecule has 5 heteroatoms. The topological polar surface area (TPSA) is 23.6 Å². The number of amides is 1. The lowest BCUT2D eigenvalue weighted by Gasteiger charge is -2.38. The van der Waals surface area contributed by atoms with Gasteiger partial charge in [0.1, 0.15) is 0 Å². The molecule has 0 N–H and O–H groups in total. The van der Waals surface area contributed by atoms with Crippen LogP contribution in [0.15, 0.2) is 29.2 Å². The van der Waals surface area contributed by atoms with Gasteiger partial charge in [0, 0.05) is 37.1 Å². The first kappa shape index (κ1) is 16.2. The largest absolute Gasteiger partial charge is 0.339 e. The van der Waals surface area contributed by atoms with Crippen LogP contribution in [-0.4, -0.2) is 53.7 Å². The maximum atomic E-state index is 12.4. The van der Waals surface area contributed by atoms with Gasteiger partial charge in [0.25, 0.3) is 0 Å². The summed E-state index contributed by atoms with van der Waals surface area (Å²) >= 11 is 7.67. The van der Waals surface area contributed by atoms with Crippen LogP contribution in [0.2, 0.25) is 5.02 Å². The minimum atomic E-state index is 0.232. The third-order valence-corrected chi connectivity index (χ3v) is 6.20. The highest BCUT2D eigenvalue weighted by molar-refractivity contribution is 8.00. The van der Waals surface area contributed by atoms with Crippen molar-refractivity contribution in [3.8, 4) is 0 Å². The first-order chi connectivity index (χ1) is 10.7. The van der Waals surface area contributed by atoms with Gasteiger partial charge in [0.05, 0.1) is 10.8 Å². The molecule has 1 saturated carbocycles. The van der Waals surface area contributed by atoms with E-state index in [1.165, 1.54) is 37.4 Å². The quantitative estimate of drug-likeness (QED) is 0.785. The number of piperazine rings is 1. The van der Waals surface area contributed by atoms with Crippen molar-refractivity contribution in [1.82, 2.24) is 9.80 Å². The Kier molecular flexibility index (Phi) is 5.66. The predicted octanol–water partition coefficient (Wildman–Crippen LogP) is 3.52. The van der Waals surface area contributed by atoms with Crippen molar-refractivity contribution >= 4 is 29.3 Å². The second-order valence-electron chi connectivity index (χ2n) is 6.07. The molecule has 0 radical (unpaired) electrons. The Balaban J connectivity index is 1.45. The summed E-state index contributed by atoms with van der Waals surface area (Å²) in [5, 5.41) is 0.728. The molecule has 1 aliphatic carbocycles. The summed E-state index contributed by atoms with van der Waals surface area (Å²) in [4.78, 5) is 17.9. The van der Waals surface area contributed by atoms with Crippen LogP contribution in [0.4, 0.5) is 0 Å². The number of carbonyl (C=O) groups is 1. The van der Waals surface area contributed by atoms with Crippen LogP contribution in [-0.2, 0) is 4.79 Å². The normalized spacial score (nSPS) is 20.5. The van der Waals surface area contributed by atoms with Gasteiger partial charge in [0.15, 0.2) is 0 Å². The molecule has 22 heavy (non-hydrogen) atoms. The Hall–Kier alpha value is -0.710. The van der Waals surface area contributed by atoms with Crippen molar-refractivity contribution in [2.24, 2.45) is 0 Å². The van der Waals surface area contributed by atoms with E-state index >= 15 is 0 Å². The molecule has 120 valence electrons. The highest BCUT2D eigenvalue weighted by Gasteiger charge is 2.27. The predicted molar refractivity (Wildman–Crippen MR) is 92.6 cm³/mol. The van der Waals surface area contributed by atoms with Crippen LogP contribution in [0.5, 0.6) is 0 Å². The second-order valence-corrected chi connectivity index (χ2v) is 7.50. The number of rotatable bonds is 4. The fraction of sp³-hybridized carbons (Fsp3) is 0.588. The van der Waals surface area contributed by atoms with Crippen LogP contribution < -0.4 is 0 Å². The number of hydrogen-bond donors (Lipinski definition) is 0. The Morgan fingerprint density at radius 2 is 1.82 bits per heavy atom. The van der Waals surface area contributed by atoms with Gasteiger partial charge in [-0.25, -0.2) is 0 Å². The van der Waals surface area contributed by atoms with Crippen LogP contribution in [0.1, 0.15) is 25.7 Å². The third kappa shape index (κ3) is 3.98. The number of hydrogen-bond acceptors (Lipinski definition) is 3. The van der Waals surface area contributed by atoms with Gasteiger partial charge in [-0.2, -0.15) is 0 Å². The summed E-state index contributed by atoms with van der Waals surface area (Å²) < 4.78 is 0. The fourth-order valence-corrected chi connectivity index (χ4v) is 4.54. The molecular weight excluding hydrogens is 316 g/mol. The Morgan fingerprint density at radius 3 is 2.50 bits per heavy atom. The van der Waals surface area contributed by atoms with Crippen molar-refractivity contribution < 1.29 is 4.79 Å². The van der Waals surface area contributed by atoms with E-state index in [9.17, 15) is 4.79 Å². The van der Waals surface area contributed by atoms with Gasteiger partial charge in [0.2, 0.25) is 5.91 Å². The molecule has 1 amide bonds. The lowest BCUT2D eigenvalue weighted by molar-refractivity contribution is -0.130. The summed E-state index contributed by atoms with van der Waals surface area (Å²) in [6.07, 6.45) is 5.43. The minimum absolute atomic E-state index is 0.232. The van der Waals surface area contributed by atoms with E-state index in [-0.39, 0.29) is 5.91 Å². The highest BCUT2D eigenvalue weighted by Crippen LogP contribution is 2.27. The van der Waals surface area contributed by atoms with E-state index < -0.39 is 0 Å². The zero-order valence-electron chi connectivity index (χ0n) is 12.8. The maximum Gasteiger partial charge on any atom is 0.233 e.